The Balaban J connectivity index is 2.98. The molecule has 0 aliphatic carbocycles. The molecule has 19 heavy (non-hydrogen) atoms. The van der Waals surface area contributed by atoms with Gasteiger partial charge in [-0.25, -0.2) is 0 Å². The van der Waals surface area contributed by atoms with E-state index in [1.54, 1.807) is 11.9 Å². The lowest BCUT2D eigenvalue weighted by molar-refractivity contribution is -0.205. The average Bonchev–Trinajstić information content (AvgIpc) is 2.06. The van der Waals surface area contributed by atoms with E-state index < -0.39 is 36.9 Å². The molecule has 1 fully saturated rings. The highest BCUT2D eigenvalue weighted by atomic mass is 19.4. The van der Waals surface area contributed by atoms with Gasteiger partial charge >= 0.3 is 12.4 Å². The van der Waals surface area contributed by atoms with E-state index in [1.807, 2.05) is 0 Å². The second kappa shape index (κ2) is 5.12. The lowest BCUT2D eigenvalue weighted by Gasteiger charge is -2.52. The Kier molecular flexibility index (Phi) is 4.46. The summed E-state index contributed by atoms with van der Waals surface area (Å²) in [4.78, 5) is 2.57. The van der Waals surface area contributed by atoms with Crippen LogP contribution in [-0.4, -0.2) is 60.4 Å². The molecule has 0 N–H and O–H groups in total. The summed E-state index contributed by atoms with van der Waals surface area (Å²) >= 11 is 0. The lowest BCUT2D eigenvalue weighted by Crippen LogP contribution is -2.66. The van der Waals surface area contributed by atoms with Crippen LogP contribution in [0.25, 0.3) is 0 Å². The molecular weight excluding hydrogens is 274 g/mol. The van der Waals surface area contributed by atoms with Gasteiger partial charge in [0.05, 0.1) is 13.0 Å². The Morgan fingerprint density at radius 2 is 1.63 bits per heavy atom. The second-order valence-corrected chi connectivity index (χ2v) is 5.58. The van der Waals surface area contributed by atoms with Crippen LogP contribution in [0.5, 0.6) is 0 Å². The third kappa shape index (κ3) is 4.83. The number of alkyl halides is 6. The maximum absolute atomic E-state index is 12.6. The highest BCUT2D eigenvalue weighted by Crippen LogP contribution is 2.37. The molecule has 114 valence electrons. The summed E-state index contributed by atoms with van der Waals surface area (Å²) < 4.78 is 75.5. The third-order valence-corrected chi connectivity index (χ3v) is 3.34. The molecular formula is C11H18F6N2. The van der Waals surface area contributed by atoms with Crippen LogP contribution in [0.15, 0.2) is 0 Å². The van der Waals surface area contributed by atoms with Crippen molar-refractivity contribution in [3.63, 3.8) is 0 Å². The highest BCUT2D eigenvalue weighted by Gasteiger charge is 2.50. The van der Waals surface area contributed by atoms with E-state index in [0.717, 1.165) is 4.90 Å². The van der Waals surface area contributed by atoms with Gasteiger partial charge in [-0.1, -0.05) is 0 Å². The standard InChI is InChI=1S/C11H18F6N2/c1-8-4-18(3)6-9(2,5-10(12,13)14)19(8)7-11(15,16)17/h8H,4-7H2,1-3H3. The van der Waals surface area contributed by atoms with Gasteiger partial charge in [0.25, 0.3) is 0 Å². The molecule has 8 heteroatoms. The third-order valence-electron chi connectivity index (χ3n) is 3.34. The van der Waals surface area contributed by atoms with Gasteiger partial charge in [0.15, 0.2) is 0 Å². The summed E-state index contributed by atoms with van der Waals surface area (Å²) in [6.07, 6.45) is -10.2. The number of hydrogen-bond acceptors (Lipinski definition) is 2. The van der Waals surface area contributed by atoms with Crippen molar-refractivity contribution in [3.05, 3.63) is 0 Å². The van der Waals surface area contributed by atoms with Crippen molar-refractivity contribution in [2.45, 2.75) is 44.2 Å². The first kappa shape index (κ1) is 16.6. The molecule has 0 saturated carbocycles. The first-order valence-electron chi connectivity index (χ1n) is 5.91. The van der Waals surface area contributed by atoms with Crippen LogP contribution in [0.2, 0.25) is 0 Å². The van der Waals surface area contributed by atoms with E-state index in [4.69, 9.17) is 0 Å². The first-order valence-corrected chi connectivity index (χ1v) is 5.91. The number of piperazine rings is 1. The SMILES string of the molecule is CC1CN(C)CC(C)(CC(F)(F)F)N1CC(F)(F)F. The molecule has 1 rings (SSSR count). The zero-order chi connectivity index (χ0) is 15.1. The van der Waals surface area contributed by atoms with E-state index in [2.05, 4.69) is 0 Å². The Labute approximate surface area is 108 Å². The van der Waals surface area contributed by atoms with Crippen LogP contribution in [-0.2, 0) is 0 Å². The van der Waals surface area contributed by atoms with Gasteiger partial charge in [-0.3, -0.25) is 4.90 Å². The van der Waals surface area contributed by atoms with E-state index in [0.29, 0.717) is 6.54 Å². The molecule has 1 aliphatic heterocycles. The molecule has 2 nitrogen and oxygen atoms in total. The zero-order valence-corrected chi connectivity index (χ0v) is 11.1. The predicted octanol–water partition coefficient (Wildman–Crippen LogP) is 2.90. The van der Waals surface area contributed by atoms with Gasteiger partial charge in [0, 0.05) is 24.7 Å². The fourth-order valence-corrected chi connectivity index (χ4v) is 2.95. The van der Waals surface area contributed by atoms with Crippen LogP contribution in [0.1, 0.15) is 20.3 Å². The minimum atomic E-state index is -4.50. The summed E-state index contributed by atoms with van der Waals surface area (Å²) in [7, 11) is 1.62. The van der Waals surface area contributed by atoms with Crippen LogP contribution < -0.4 is 0 Å². The number of hydrogen-bond donors (Lipinski definition) is 0. The Morgan fingerprint density at radius 3 is 2.05 bits per heavy atom. The Bertz CT molecular complexity index is 313. The normalized spacial score (nSPS) is 31.7. The number of likely N-dealkylation sites (N-methyl/N-ethyl adjacent to an activating group) is 1. The number of rotatable bonds is 2. The van der Waals surface area contributed by atoms with E-state index in [9.17, 15) is 26.3 Å². The van der Waals surface area contributed by atoms with Gasteiger partial charge in [-0.15, -0.1) is 0 Å². The summed E-state index contributed by atoms with van der Waals surface area (Å²) in [5.74, 6) is 0. The summed E-state index contributed by atoms with van der Waals surface area (Å²) in [6, 6.07) is -0.576. The average molecular weight is 292 g/mol. The number of nitrogens with zero attached hydrogens (tertiary/aromatic N) is 2. The van der Waals surface area contributed by atoms with Crippen LogP contribution in [0.3, 0.4) is 0 Å². The van der Waals surface area contributed by atoms with Gasteiger partial charge < -0.3 is 4.90 Å². The van der Waals surface area contributed by atoms with Crippen LogP contribution in [0, 0.1) is 0 Å². The molecule has 1 aliphatic rings. The van der Waals surface area contributed by atoms with Crippen molar-refractivity contribution < 1.29 is 26.3 Å². The Hall–Kier alpha value is -0.500. The van der Waals surface area contributed by atoms with Crippen LogP contribution >= 0.6 is 0 Å². The molecule has 0 bridgehead atoms. The van der Waals surface area contributed by atoms with Crippen molar-refractivity contribution in [1.29, 1.82) is 0 Å². The summed E-state index contributed by atoms with van der Waals surface area (Å²) in [6.45, 7) is 1.75. The lowest BCUT2D eigenvalue weighted by atomic mass is 9.89. The zero-order valence-electron chi connectivity index (χ0n) is 11.1. The molecule has 1 heterocycles. The fourth-order valence-electron chi connectivity index (χ4n) is 2.95. The minimum absolute atomic E-state index is 0.0348. The van der Waals surface area contributed by atoms with Gasteiger partial charge in [0.2, 0.25) is 0 Å². The molecule has 0 aromatic heterocycles. The molecule has 0 aromatic rings. The quantitative estimate of drug-likeness (QED) is 0.722. The largest absolute Gasteiger partial charge is 0.401 e. The molecule has 2 unspecified atom stereocenters. The van der Waals surface area contributed by atoms with Crippen LogP contribution in [0.4, 0.5) is 26.3 Å². The maximum Gasteiger partial charge on any atom is 0.401 e. The van der Waals surface area contributed by atoms with E-state index in [-0.39, 0.29) is 6.54 Å². The van der Waals surface area contributed by atoms with Crippen molar-refractivity contribution in [2.24, 2.45) is 0 Å². The van der Waals surface area contributed by atoms with Crippen molar-refractivity contribution in [1.82, 2.24) is 9.80 Å². The van der Waals surface area contributed by atoms with Crippen molar-refractivity contribution >= 4 is 0 Å². The fraction of sp³-hybridized carbons (Fsp3) is 1.00. The summed E-state index contributed by atoms with van der Waals surface area (Å²) in [5.41, 5.74) is -1.56. The van der Waals surface area contributed by atoms with Gasteiger partial charge in [-0.05, 0) is 20.9 Å². The molecule has 0 amide bonds. The monoisotopic (exact) mass is 292 g/mol. The first-order chi connectivity index (χ1) is 8.32. The minimum Gasteiger partial charge on any atom is -0.303 e. The van der Waals surface area contributed by atoms with E-state index in [1.165, 1.54) is 13.8 Å². The van der Waals surface area contributed by atoms with Gasteiger partial charge in [-0.2, -0.15) is 26.3 Å². The molecule has 2 atom stereocenters. The van der Waals surface area contributed by atoms with Gasteiger partial charge in [0.1, 0.15) is 0 Å². The predicted molar refractivity (Wildman–Crippen MR) is 58.8 cm³/mol. The molecule has 0 aromatic carbocycles. The smallest absolute Gasteiger partial charge is 0.303 e. The molecule has 0 radical (unpaired) electrons. The van der Waals surface area contributed by atoms with E-state index >= 15 is 0 Å². The van der Waals surface area contributed by atoms with Crippen molar-refractivity contribution in [3.8, 4) is 0 Å². The summed E-state index contributed by atoms with van der Waals surface area (Å²) in [5, 5.41) is 0. The Morgan fingerprint density at radius 1 is 1.11 bits per heavy atom. The number of halogens is 6. The molecule has 1 saturated heterocycles. The topological polar surface area (TPSA) is 6.48 Å². The molecule has 0 spiro atoms. The highest BCUT2D eigenvalue weighted by molar-refractivity contribution is 4.98. The van der Waals surface area contributed by atoms with Crippen molar-refractivity contribution in [2.75, 3.05) is 26.7 Å². The second-order valence-electron chi connectivity index (χ2n) is 5.58. The maximum atomic E-state index is 12.6.